The van der Waals surface area contributed by atoms with Crippen LogP contribution in [0.1, 0.15) is 27.9 Å². The fourth-order valence-corrected chi connectivity index (χ4v) is 4.30. The number of methoxy groups -OCH3 is 2. The van der Waals surface area contributed by atoms with Gasteiger partial charge in [-0.05, 0) is 42.8 Å². The summed E-state index contributed by atoms with van der Waals surface area (Å²) < 4.78 is 43.7. The highest BCUT2D eigenvalue weighted by Crippen LogP contribution is 2.34. The van der Waals surface area contributed by atoms with Crippen LogP contribution in [0, 0.1) is 18.3 Å². The number of hydrogen-bond donors (Lipinski definition) is 2. The maximum Gasteiger partial charge on any atom is 0.332 e. The molecule has 0 aliphatic carbocycles. The molecule has 0 spiro atoms. The number of hydrazine groups is 1. The molecule has 0 bridgehead atoms. The van der Waals surface area contributed by atoms with E-state index in [2.05, 4.69) is 16.3 Å². The normalized spacial score (nSPS) is 11.9. The van der Waals surface area contributed by atoms with E-state index in [1.54, 1.807) is 60.1 Å². The average molecular weight is 520 g/mol. The molecule has 0 unspecified atom stereocenters. The number of fused-ring (bicyclic) bond motifs is 1. The zero-order valence-corrected chi connectivity index (χ0v) is 21.2. The van der Waals surface area contributed by atoms with Gasteiger partial charge in [-0.1, -0.05) is 30.3 Å². The van der Waals surface area contributed by atoms with E-state index in [1.807, 2.05) is 0 Å². The predicted octanol–water partition coefficient (Wildman–Crippen LogP) is 4.02. The number of benzene rings is 3. The summed E-state index contributed by atoms with van der Waals surface area (Å²) in [7, 11) is 3.04. The number of alkyl halides is 2. The van der Waals surface area contributed by atoms with Crippen LogP contribution >= 0.6 is 0 Å². The minimum absolute atomic E-state index is 0.0559. The number of aryl methyl sites for hydroxylation is 1. The molecule has 0 saturated carbocycles. The molecular formula is C27H27F2N7O2. The number of hydrazone groups is 1. The molecule has 0 radical (unpaired) electrons. The molecule has 196 valence electrons. The number of aromatic nitrogens is 2. The quantitative estimate of drug-likeness (QED) is 0.156. The van der Waals surface area contributed by atoms with Crippen molar-refractivity contribution < 1.29 is 18.3 Å². The highest BCUT2D eigenvalue weighted by atomic mass is 19.3. The van der Waals surface area contributed by atoms with Crippen LogP contribution < -0.4 is 21.2 Å². The standard InChI is InChI=1S/C27H27F2N7O2/c1-17-22-12-9-20(13-24(22)36(34-17)16-23-19(14-30)5-4-6-25(23)38-3)27(28,29)26(33-31)35(32)15-18-7-10-21(37-2)11-8-18/h4-13H,15-16,31-32H2,1-3H3/b33-26-. The maximum absolute atomic E-state index is 15.8. The molecular weight excluding hydrogens is 492 g/mol. The molecule has 0 aliphatic heterocycles. The molecule has 0 fully saturated rings. The predicted molar refractivity (Wildman–Crippen MR) is 140 cm³/mol. The second-order valence-electron chi connectivity index (χ2n) is 8.58. The van der Waals surface area contributed by atoms with Crippen LogP contribution in [0.5, 0.6) is 11.5 Å². The minimum Gasteiger partial charge on any atom is -0.497 e. The highest BCUT2D eigenvalue weighted by Gasteiger charge is 2.42. The third-order valence-corrected chi connectivity index (χ3v) is 6.27. The molecule has 9 nitrogen and oxygen atoms in total. The summed E-state index contributed by atoms with van der Waals surface area (Å²) in [5.41, 5.74) is 2.40. The lowest BCUT2D eigenvalue weighted by molar-refractivity contribution is 0.0584. The summed E-state index contributed by atoms with van der Waals surface area (Å²) in [6.45, 7) is 1.87. The second kappa shape index (κ2) is 10.7. The van der Waals surface area contributed by atoms with E-state index in [1.165, 1.54) is 26.4 Å². The molecule has 11 heteroatoms. The van der Waals surface area contributed by atoms with E-state index < -0.39 is 11.8 Å². The first-order valence-corrected chi connectivity index (χ1v) is 11.6. The Hall–Kier alpha value is -4.69. The lowest BCUT2D eigenvalue weighted by atomic mass is 10.0. The Morgan fingerprint density at radius 3 is 2.50 bits per heavy atom. The Kier molecular flexibility index (Phi) is 7.45. The Morgan fingerprint density at radius 2 is 1.87 bits per heavy atom. The lowest BCUT2D eigenvalue weighted by Crippen LogP contribution is -2.46. The van der Waals surface area contributed by atoms with Crippen LogP contribution in [-0.4, -0.2) is 34.8 Å². The van der Waals surface area contributed by atoms with Gasteiger partial charge in [-0.2, -0.15) is 24.2 Å². The van der Waals surface area contributed by atoms with Gasteiger partial charge in [0.25, 0.3) is 0 Å². The number of nitriles is 1. The van der Waals surface area contributed by atoms with Gasteiger partial charge < -0.3 is 15.3 Å². The summed E-state index contributed by atoms with van der Waals surface area (Å²) >= 11 is 0. The van der Waals surface area contributed by atoms with E-state index >= 15 is 8.78 Å². The Balaban J connectivity index is 1.70. The molecule has 0 saturated heterocycles. The number of rotatable bonds is 8. The summed E-state index contributed by atoms with van der Waals surface area (Å²) in [5.74, 6) is 8.15. The van der Waals surface area contributed by atoms with E-state index in [4.69, 9.17) is 21.2 Å². The van der Waals surface area contributed by atoms with Crippen molar-refractivity contribution in [2.75, 3.05) is 14.2 Å². The molecule has 4 rings (SSSR count). The number of amidine groups is 1. The van der Waals surface area contributed by atoms with Crippen molar-refractivity contribution in [3.63, 3.8) is 0 Å². The molecule has 1 heterocycles. The van der Waals surface area contributed by atoms with Crippen LogP contribution in [0.15, 0.2) is 65.8 Å². The largest absolute Gasteiger partial charge is 0.497 e. The van der Waals surface area contributed by atoms with Crippen LogP contribution in [-0.2, 0) is 19.0 Å². The number of halogens is 2. The molecule has 38 heavy (non-hydrogen) atoms. The van der Waals surface area contributed by atoms with Gasteiger partial charge in [-0.15, -0.1) is 0 Å². The zero-order valence-electron chi connectivity index (χ0n) is 21.2. The first-order valence-electron chi connectivity index (χ1n) is 11.6. The molecule has 4 aromatic rings. The summed E-state index contributed by atoms with van der Waals surface area (Å²) in [6, 6.07) is 18.3. The molecule has 0 amide bonds. The zero-order chi connectivity index (χ0) is 27.4. The van der Waals surface area contributed by atoms with Gasteiger partial charge in [0, 0.05) is 16.5 Å². The van der Waals surface area contributed by atoms with Gasteiger partial charge in [-0.25, -0.2) is 5.84 Å². The van der Waals surface area contributed by atoms with Gasteiger partial charge in [-0.3, -0.25) is 9.69 Å². The Morgan fingerprint density at radius 1 is 1.13 bits per heavy atom. The minimum atomic E-state index is -3.62. The van der Waals surface area contributed by atoms with Crippen LogP contribution in [0.4, 0.5) is 8.78 Å². The van der Waals surface area contributed by atoms with Crippen LogP contribution in [0.3, 0.4) is 0 Å². The SMILES string of the molecule is COc1ccc(CN(N)/C(=N\N)C(F)(F)c2ccc3c(C)nn(Cc4c(C#N)cccc4OC)c3c2)cc1. The monoisotopic (exact) mass is 519 g/mol. The van der Waals surface area contributed by atoms with Crippen LogP contribution in [0.25, 0.3) is 10.9 Å². The maximum atomic E-state index is 15.8. The van der Waals surface area contributed by atoms with Gasteiger partial charge in [0.05, 0.1) is 50.2 Å². The van der Waals surface area contributed by atoms with E-state index in [9.17, 15) is 5.26 Å². The fraction of sp³-hybridized carbons (Fsp3) is 0.222. The first kappa shape index (κ1) is 26.4. The van der Waals surface area contributed by atoms with Gasteiger partial charge in [0.2, 0.25) is 5.84 Å². The number of nitrogens with two attached hydrogens (primary N) is 2. The van der Waals surface area contributed by atoms with Crippen molar-refractivity contribution >= 4 is 16.7 Å². The van der Waals surface area contributed by atoms with Crippen molar-refractivity contribution in [2.45, 2.75) is 25.9 Å². The van der Waals surface area contributed by atoms with Gasteiger partial charge >= 0.3 is 5.92 Å². The van der Waals surface area contributed by atoms with Gasteiger partial charge in [0.1, 0.15) is 11.5 Å². The molecule has 3 aromatic carbocycles. The Labute approximate surface area is 218 Å². The fourth-order valence-electron chi connectivity index (χ4n) is 4.30. The second-order valence-corrected chi connectivity index (χ2v) is 8.58. The number of nitrogens with zero attached hydrogens (tertiary/aromatic N) is 5. The van der Waals surface area contributed by atoms with Crippen molar-refractivity contribution in [3.8, 4) is 17.6 Å². The highest BCUT2D eigenvalue weighted by molar-refractivity contribution is 5.91. The summed E-state index contributed by atoms with van der Waals surface area (Å²) in [5, 5.41) is 19.0. The Bertz CT molecular complexity index is 1530. The number of ether oxygens (including phenoxy) is 2. The molecule has 0 atom stereocenters. The number of hydrogen-bond acceptors (Lipinski definition) is 7. The van der Waals surface area contributed by atoms with Crippen molar-refractivity contribution in [1.29, 1.82) is 5.26 Å². The van der Waals surface area contributed by atoms with Crippen molar-refractivity contribution in [1.82, 2.24) is 14.8 Å². The summed E-state index contributed by atoms with van der Waals surface area (Å²) in [6.07, 6.45) is 0. The first-order chi connectivity index (χ1) is 18.2. The third-order valence-electron chi connectivity index (χ3n) is 6.27. The molecule has 1 aromatic heterocycles. The molecule has 0 aliphatic rings. The van der Waals surface area contributed by atoms with E-state index in [0.29, 0.717) is 44.8 Å². The van der Waals surface area contributed by atoms with Crippen LogP contribution in [0.2, 0.25) is 0 Å². The molecule has 4 N–H and O–H groups in total. The van der Waals surface area contributed by atoms with E-state index in [0.717, 1.165) is 5.01 Å². The summed E-state index contributed by atoms with van der Waals surface area (Å²) in [4.78, 5) is 0. The van der Waals surface area contributed by atoms with Crippen molar-refractivity contribution in [2.24, 2.45) is 16.8 Å². The smallest absolute Gasteiger partial charge is 0.332 e. The van der Waals surface area contributed by atoms with Gasteiger partial charge in [0.15, 0.2) is 0 Å². The topological polar surface area (TPSA) is 128 Å². The van der Waals surface area contributed by atoms with Crippen molar-refractivity contribution in [3.05, 3.63) is 88.6 Å². The van der Waals surface area contributed by atoms with E-state index in [-0.39, 0.29) is 18.7 Å². The lowest BCUT2D eigenvalue weighted by Gasteiger charge is -2.26. The third kappa shape index (κ3) is 4.94. The average Bonchev–Trinajstić information content (AvgIpc) is 3.23.